The van der Waals surface area contributed by atoms with Crippen LogP contribution in [0.15, 0.2) is 40.9 Å². The second-order valence-corrected chi connectivity index (χ2v) is 8.54. The van der Waals surface area contributed by atoms with Gasteiger partial charge in [0.05, 0.1) is 28.7 Å². The largest absolute Gasteiger partial charge is 0.511 e. The number of carbonyl (C=O) groups is 1. The molecule has 1 aromatic heterocycles. The van der Waals surface area contributed by atoms with Crippen molar-refractivity contribution in [2.45, 2.75) is 25.4 Å². The van der Waals surface area contributed by atoms with Gasteiger partial charge in [0, 0.05) is 19.0 Å². The van der Waals surface area contributed by atoms with E-state index in [1.807, 2.05) is 37.0 Å². The van der Waals surface area contributed by atoms with E-state index in [9.17, 15) is 9.59 Å². The first kappa shape index (κ1) is 19.6. The van der Waals surface area contributed by atoms with E-state index in [2.05, 4.69) is 4.74 Å². The minimum absolute atomic E-state index is 0.0104. The van der Waals surface area contributed by atoms with Crippen molar-refractivity contribution in [2.24, 2.45) is 11.7 Å². The van der Waals surface area contributed by atoms with Crippen molar-refractivity contribution in [1.82, 2.24) is 4.57 Å². The fraction of sp³-hybridized carbons (Fsp3) is 0.364. The van der Waals surface area contributed by atoms with Gasteiger partial charge in [0.1, 0.15) is 12.3 Å². The molecule has 3 heterocycles. The molecule has 1 aliphatic carbocycles. The van der Waals surface area contributed by atoms with Crippen LogP contribution in [0.4, 0.5) is 14.9 Å². The number of allylic oxidation sites excluding steroid dienone is 2. The Labute approximate surface area is 176 Å². The number of pyridine rings is 1. The molecule has 2 aromatic rings. The summed E-state index contributed by atoms with van der Waals surface area (Å²) in [4.78, 5) is 25.7. The van der Waals surface area contributed by atoms with Gasteiger partial charge < -0.3 is 29.8 Å². The summed E-state index contributed by atoms with van der Waals surface area (Å²) in [6, 6.07) is 0.922. The Morgan fingerprint density at radius 2 is 2.23 bits per heavy atom. The Morgan fingerprint density at radius 1 is 1.45 bits per heavy atom. The summed E-state index contributed by atoms with van der Waals surface area (Å²) in [7, 11) is 0. The van der Waals surface area contributed by atoms with Crippen LogP contribution in [-0.4, -0.2) is 41.1 Å². The summed E-state index contributed by atoms with van der Waals surface area (Å²) in [6.45, 7) is 4.98. The van der Waals surface area contributed by atoms with Crippen molar-refractivity contribution >= 4 is 22.7 Å². The maximum Gasteiger partial charge on any atom is 0.511 e. The van der Waals surface area contributed by atoms with E-state index in [0.29, 0.717) is 18.6 Å². The van der Waals surface area contributed by atoms with Gasteiger partial charge in [-0.05, 0) is 19.9 Å². The zero-order valence-corrected chi connectivity index (χ0v) is 17.1. The van der Waals surface area contributed by atoms with Gasteiger partial charge in [-0.1, -0.05) is 23.8 Å². The van der Waals surface area contributed by atoms with Crippen LogP contribution >= 0.6 is 0 Å². The number of hydrogen-bond acceptors (Lipinski definition) is 6. The summed E-state index contributed by atoms with van der Waals surface area (Å²) < 4.78 is 27.7. The molecule has 1 fully saturated rings. The molecule has 3 atom stereocenters. The Kier molecular flexibility index (Phi) is 4.17. The molecule has 5 rings (SSSR count). The molecule has 1 aromatic carbocycles. The lowest BCUT2D eigenvalue weighted by atomic mass is 9.82. The van der Waals surface area contributed by atoms with E-state index in [1.54, 1.807) is 4.57 Å². The molecule has 0 saturated carbocycles. The fourth-order valence-electron chi connectivity index (χ4n) is 4.87. The van der Waals surface area contributed by atoms with Gasteiger partial charge in [0.15, 0.2) is 17.3 Å². The number of fused-ring (bicyclic) bond motifs is 1. The van der Waals surface area contributed by atoms with Crippen molar-refractivity contribution in [1.29, 1.82) is 0 Å². The molecule has 1 saturated heterocycles. The highest BCUT2D eigenvalue weighted by molar-refractivity contribution is 5.93. The Morgan fingerprint density at radius 3 is 2.97 bits per heavy atom. The van der Waals surface area contributed by atoms with Gasteiger partial charge in [0.25, 0.3) is 0 Å². The van der Waals surface area contributed by atoms with Crippen molar-refractivity contribution in [2.75, 3.05) is 24.6 Å². The molecule has 3 N–H and O–H groups in total. The van der Waals surface area contributed by atoms with Crippen LogP contribution in [0.1, 0.15) is 19.9 Å². The summed E-state index contributed by atoms with van der Waals surface area (Å²) in [5.41, 5.74) is 7.05. The van der Waals surface area contributed by atoms with Gasteiger partial charge in [-0.2, -0.15) is 0 Å². The molecule has 3 aliphatic rings. The zero-order chi connectivity index (χ0) is 22.1. The quantitative estimate of drug-likeness (QED) is 0.710. The van der Waals surface area contributed by atoms with Crippen molar-refractivity contribution in [3.63, 3.8) is 0 Å². The number of benzene rings is 1. The lowest BCUT2D eigenvalue weighted by Gasteiger charge is -2.31. The van der Waals surface area contributed by atoms with Crippen LogP contribution in [0.25, 0.3) is 10.9 Å². The van der Waals surface area contributed by atoms with Crippen molar-refractivity contribution in [3.8, 4) is 11.5 Å². The summed E-state index contributed by atoms with van der Waals surface area (Å²) >= 11 is 0. The summed E-state index contributed by atoms with van der Waals surface area (Å²) in [6.07, 6.45) is 5.82. The number of nitrogens with zero attached hydrogens (tertiary/aromatic N) is 2. The Balaban J connectivity index is 1.70. The standard InChI is InChI=1S/C22H22FN3O5/c1-11-3-4-13-7-25(10-22(13,24)6-11)18-15(23)5-14-17-20(18)30-9-12(2)26(17)8-16(19(14)27)31-21(28)29/h3-6,8,12-13H,7,9-10,24H2,1-2H3,(H,28,29). The highest BCUT2D eigenvalue weighted by atomic mass is 19.1. The Hall–Kier alpha value is -3.33. The number of halogens is 1. The predicted molar refractivity (Wildman–Crippen MR) is 113 cm³/mol. The second kappa shape index (κ2) is 6.58. The van der Waals surface area contributed by atoms with Crippen LogP contribution in [0, 0.1) is 11.7 Å². The normalized spacial score (nSPS) is 26.5. The maximum atomic E-state index is 15.4. The number of nitrogens with two attached hydrogens (primary N) is 1. The predicted octanol–water partition coefficient (Wildman–Crippen LogP) is 2.80. The van der Waals surface area contributed by atoms with Crippen LogP contribution in [-0.2, 0) is 0 Å². The van der Waals surface area contributed by atoms with Crippen LogP contribution < -0.4 is 25.5 Å². The van der Waals surface area contributed by atoms with Gasteiger partial charge in [-0.15, -0.1) is 0 Å². The number of rotatable bonds is 2. The molecular weight excluding hydrogens is 405 g/mol. The van der Waals surface area contributed by atoms with E-state index in [4.69, 9.17) is 15.6 Å². The van der Waals surface area contributed by atoms with Crippen LogP contribution in [0.2, 0.25) is 0 Å². The number of anilines is 1. The van der Waals surface area contributed by atoms with E-state index in [0.717, 1.165) is 11.6 Å². The molecule has 8 nitrogen and oxygen atoms in total. The molecule has 0 amide bonds. The Bertz CT molecular complexity index is 1250. The van der Waals surface area contributed by atoms with Crippen LogP contribution in [0.5, 0.6) is 11.5 Å². The number of aromatic nitrogens is 1. The number of carboxylic acid groups (broad SMARTS) is 1. The smallest absolute Gasteiger partial charge is 0.487 e. The summed E-state index contributed by atoms with van der Waals surface area (Å²) in [5, 5.41) is 8.96. The molecule has 0 radical (unpaired) electrons. The van der Waals surface area contributed by atoms with Crippen LogP contribution in [0.3, 0.4) is 0 Å². The number of hydrogen-bond donors (Lipinski definition) is 2. The third-order valence-electron chi connectivity index (χ3n) is 6.28. The fourth-order valence-corrected chi connectivity index (χ4v) is 4.87. The number of ether oxygens (including phenoxy) is 2. The average Bonchev–Trinajstić information content (AvgIpc) is 3.02. The third-order valence-corrected chi connectivity index (χ3v) is 6.28. The van der Waals surface area contributed by atoms with E-state index >= 15 is 4.39 Å². The zero-order valence-electron chi connectivity index (χ0n) is 17.1. The molecule has 0 bridgehead atoms. The third kappa shape index (κ3) is 2.91. The lowest BCUT2D eigenvalue weighted by Crippen LogP contribution is -2.46. The monoisotopic (exact) mass is 427 g/mol. The molecule has 162 valence electrons. The minimum atomic E-state index is -1.61. The first-order valence-electron chi connectivity index (χ1n) is 10.0. The van der Waals surface area contributed by atoms with Gasteiger partial charge in [-0.3, -0.25) is 4.79 Å². The summed E-state index contributed by atoms with van der Waals surface area (Å²) in [5.74, 6) is -0.709. The first-order valence-corrected chi connectivity index (χ1v) is 10.0. The van der Waals surface area contributed by atoms with Gasteiger partial charge in [-0.25, -0.2) is 9.18 Å². The van der Waals surface area contributed by atoms with E-state index in [-0.39, 0.29) is 41.1 Å². The highest BCUT2D eigenvalue weighted by Crippen LogP contribution is 2.45. The van der Waals surface area contributed by atoms with Crippen molar-refractivity contribution < 1.29 is 23.8 Å². The molecule has 2 aliphatic heterocycles. The average molecular weight is 427 g/mol. The SMILES string of the molecule is CC1=CC2(N)CN(c3c(F)cc4c(=O)c(OC(=O)O)cn5c4c3OCC5C)CC2C=C1. The lowest BCUT2D eigenvalue weighted by molar-refractivity contribution is 0.143. The van der Waals surface area contributed by atoms with Gasteiger partial charge >= 0.3 is 6.16 Å². The molecule has 31 heavy (non-hydrogen) atoms. The minimum Gasteiger partial charge on any atom is -0.487 e. The van der Waals surface area contributed by atoms with E-state index in [1.165, 1.54) is 6.20 Å². The van der Waals surface area contributed by atoms with Crippen molar-refractivity contribution in [3.05, 3.63) is 52.1 Å². The highest BCUT2D eigenvalue weighted by Gasteiger charge is 2.44. The molecule has 3 unspecified atom stereocenters. The van der Waals surface area contributed by atoms with Gasteiger partial charge in [0.2, 0.25) is 5.43 Å². The first-order chi connectivity index (χ1) is 14.7. The molecule has 0 spiro atoms. The molecule has 9 heteroatoms. The second-order valence-electron chi connectivity index (χ2n) is 8.54. The topological polar surface area (TPSA) is 107 Å². The van der Waals surface area contributed by atoms with E-state index < -0.39 is 22.9 Å². The molecular formula is C22H22FN3O5. The maximum absolute atomic E-state index is 15.4.